The van der Waals surface area contributed by atoms with Crippen LogP contribution in [0.4, 0.5) is 5.82 Å². The molecule has 5 nitrogen and oxygen atoms in total. The molecule has 1 heterocycles. The number of carbonyl (C=O) groups excluding carboxylic acids is 1. The van der Waals surface area contributed by atoms with Crippen molar-refractivity contribution in [2.24, 2.45) is 0 Å². The van der Waals surface area contributed by atoms with Gasteiger partial charge in [0.25, 0.3) is 5.91 Å². The Morgan fingerprint density at radius 3 is 2.65 bits per heavy atom. The van der Waals surface area contributed by atoms with Gasteiger partial charge in [-0.15, -0.1) is 0 Å². The number of pyridine rings is 1. The van der Waals surface area contributed by atoms with Crippen LogP contribution in [0.2, 0.25) is 0 Å². The monoisotopic (exact) mass is 236 g/mol. The molecule has 0 bridgehead atoms. The van der Waals surface area contributed by atoms with Gasteiger partial charge in [0.1, 0.15) is 5.82 Å². The van der Waals surface area contributed by atoms with Gasteiger partial charge in [0.2, 0.25) is 0 Å². The molecular formula is C12H20N4O. The zero-order valence-corrected chi connectivity index (χ0v) is 10.7. The first-order chi connectivity index (χ1) is 8.02. The highest BCUT2D eigenvalue weighted by atomic mass is 16.2. The number of nitrogen functional groups attached to an aromatic ring is 1. The van der Waals surface area contributed by atoms with Crippen molar-refractivity contribution in [1.29, 1.82) is 0 Å². The molecule has 17 heavy (non-hydrogen) atoms. The fourth-order valence-electron chi connectivity index (χ4n) is 1.53. The van der Waals surface area contributed by atoms with Gasteiger partial charge in [0.05, 0.1) is 5.56 Å². The van der Waals surface area contributed by atoms with Crippen LogP contribution in [-0.4, -0.2) is 54.9 Å². The summed E-state index contributed by atoms with van der Waals surface area (Å²) in [5.41, 5.74) is 6.14. The second-order valence-electron chi connectivity index (χ2n) is 4.32. The third kappa shape index (κ3) is 4.03. The first kappa shape index (κ1) is 13.4. The molecule has 1 rings (SSSR count). The molecule has 0 radical (unpaired) electrons. The summed E-state index contributed by atoms with van der Waals surface area (Å²) >= 11 is 0. The number of aromatic nitrogens is 1. The lowest BCUT2D eigenvalue weighted by Gasteiger charge is -2.19. The predicted octanol–water partition coefficient (Wildman–Crippen LogP) is 0.687. The summed E-state index contributed by atoms with van der Waals surface area (Å²) in [4.78, 5) is 19.7. The van der Waals surface area contributed by atoms with Crippen LogP contribution in [0.1, 0.15) is 16.8 Å². The molecule has 0 spiro atoms. The van der Waals surface area contributed by atoms with Crippen LogP contribution in [0.15, 0.2) is 18.3 Å². The quantitative estimate of drug-likeness (QED) is 0.817. The summed E-state index contributed by atoms with van der Waals surface area (Å²) in [5.74, 6) is 0.214. The summed E-state index contributed by atoms with van der Waals surface area (Å²) in [6.07, 6.45) is 2.52. The summed E-state index contributed by atoms with van der Waals surface area (Å²) in [5, 5.41) is 0. The van der Waals surface area contributed by atoms with Gasteiger partial charge < -0.3 is 15.5 Å². The molecular weight excluding hydrogens is 216 g/mol. The number of nitrogens with zero attached hydrogens (tertiary/aromatic N) is 3. The smallest absolute Gasteiger partial charge is 0.257 e. The highest BCUT2D eigenvalue weighted by molar-refractivity contribution is 5.98. The zero-order chi connectivity index (χ0) is 12.8. The molecule has 0 unspecified atom stereocenters. The summed E-state index contributed by atoms with van der Waals surface area (Å²) in [6.45, 7) is 1.67. The summed E-state index contributed by atoms with van der Waals surface area (Å²) < 4.78 is 0. The van der Waals surface area contributed by atoms with Gasteiger partial charge in [-0.2, -0.15) is 0 Å². The number of carbonyl (C=O) groups is 1. The lowest BCUT2D eigenvalue weighted by atomic mass is 10.2. The molecule has 0 aliphatic carbocycles. The lowest BCUT2D eigenvalue weighted by Crippen LogP contribution is -2.30. The van der Waals surface area contributed by atoms with Crippen molar-refractivity contribution in [1.82, 2.24) is 14.8 Å². The van der Waals surface area contributed by atoms with E-state index in [0.29, 0.717) is 12.1 Å². The van der Waals surface area contributed by atoms with E-state index in [-0.39, 0.29) is 11.7 Å². The maximum Gasteiger partial charge on any atom is 0.257 e. The fraction of sp³-hybridized carbons (Fsp3) is 0.500. The van der Waals surface area contributed by atoms with Crippen LogP contribution in [-0.2, 0) is 0 Å². The second kappa shape index (κ2) is 6.20. The molecule has 1 aromatic rings. The van der Waals surface area contributed by atoms with Crippen LogP contribution in [0.5, 0.6) is 0 Å². The molecule has 1 amide bonds. The molecule has 0 fully saturated rings. The standard InChI is InChI=1S/C12H20N4O/c1-15(2)8-5-9-16(3)12(17)10-6-4-7-14-11(10)13/h4,6-7H,5,8-9H2,1-3H3,(H2,13,14). The van der Waals surface area contributed by atoms with E-state index in [2.05, 4.69) is 9.88 Å². The van der Waals surface area contributed by atoms with E-state index in [1.807, 2.05) is 14.1 Å². The van der Waals surface area contributed by atoms with Crippen LogP contribution in [0, 0.1) is 0 Å². The Labute approximate surface area is 102 Å². The molecule has 94 valence electrons. The maximum atomic E-state index is 12.0. The van der Waals surface area contributed by atoms with E-state index in [9.17, 15) is 4.79 Å². The Bertz CT molecular complexity index is 379. The van der Waals surface area contributed by atoms with E-state index < -0.39 is 0 Å². The van der Waals surface area contributed by atoms with Crippen LogP contribution in [0.25, 0.3) is 0 Å². The van der Waals surface area contributed by atoms with Gasteiger partial charge >= 0.3 is 0 Å². The average molecular weight is 236 g/mol. The van der Waals surface area contributed by atoms with E-state index in [4.69, 9.17) is 5.73 Å². The number of rotatable bonds is 5. The summed E-state index contributed by atoms with van der Waals surface area (Å²) in [7, 11) is 5.81. The third-order valence-electron chi connectivity index (χ3n) is 2.51. The Hall–Kier alpha value is -1.62. The number of hydrogen-bond donors (Lipinski definition) is 1. The van der Waals surface area contributed by atoms with Gasteiger partial charge in [0, 0.05) is 19.8 Å². The minimum Gasteiger partial charge on any atom is -0.383 e. The Kier molecular flexibility index (Phi) is 4.90. The number of nitrogens with two attached hydrogens (primary N) is 1. The first-order valence-corrected chi connectivity index (χ1v) is 5.63. The van der Waals surface area contributed by atoms with Gasteiger partial charge in [-0.3, -0.25) is 4.79 Å². The third-order valence-corrected chi connectivity index (χ3v) is 2.51. The van der Waals surface area contributed by atoms with Crippen molar-refractivity contribution >= 4 is 11.7 Å². The molecule has 0 aromatic carbocycles. The van der Waals surface area contributed by atoms with Crippen LogP contribution >= 0.6 is 0 Å². The van der Waals surface area contributed by atoms with E-state index in [1.165, 1.54) is 0 Å². The van der Waals surface area contributed by atoms with Crippen molar-refractivity contribution in [3.05, 3.63) is 23.9 Å². The highest BCUT2D eigenvalue weighted by Gasteiger charge is 2.14. The Balaban J connectivity index is 2.55. The summed E-state index contributed by atoms with van der Waals surface area (Å²) in [6, 6.07) is 3.42. The van der Waals surface area contributed by atoms with Gasteiger partial charge in [-0.1, -0.05) is 0 Å². The minimum atomic E-state index is -0.0747. The van der Waals surface area contributed by atoms with Crippen molar-refractivity contribution in [2.45, 2.75) is 6.42 Å². The van der Waals surface area contributed by atoms with Crippen molar-refractivity contribution < 1.29 is 4.79 Å². The molecule has 0 aliphatic rings. The molecule has 0 aliphatic heterocycles. The van der Waals surface area contributed by atoms with E-state index in [0.717, 1.165) is 13.0 Å². The largest absolute Gasteiger partial charge is 0.383 e. The Morgan fingerprint density at radius 2 is 2.06 bits per heavy atom. The minimum absolute atomic E-state index is 0.0747. The van der Waals surface area contributed by atoms with Crippen molar-refractivity contribution in [2.75, 3.05) is 40.0 Å². The molecule has 0 saturated carbocycles. The highest BCUT2D eigenvalue weighted by Crippen LogP contribution is 2.09. The van der Waals surface area contributed by atoms with Crippen LogP contribution in [0.3, 0.4) is 0 Å². The maximum absolute atomic E-state index is 12.0. The fourth-order valence-corrected chi connectivity index (χ4v) is 1.53. The second-order valence-corrected chi connectivity index (χ2v) is 4.32. The van der Waals surface area contributed by atoms with Crippen molar-refractivity contribution in [3.63, 3.8) is 0 Å². The normalized spacial score (nSPS) is 10.6. The van der Waals surface area contributed by atoms with Crippen LogP contribution < -0.4 is 5.73 Å². The number of amides is 1. The first-order valence-electron chi connectivity index (χ1n) is 5.63. The Morgan fingerprint density at radius 1 is 1.35 bits per heavy atom. The lowest BCUT2D eigenvalue weighted by molar-refractivity contribution is 0.0791. The van der Waals surface area contributed by atoms with Gasteiger partial charge in [0.15, 0.2) is 0 Å². The topological polar surface area (TPSA) is 62.5 Å². The van der Waals surface area contributed by atoms with E-state index >= 15 is 0 Å². The number of hydrogen-bond acceptors (Lipinski definition) is 4. The van der Waals surface area contributed by atoms with Crippen molar-refractivity contribution in [3.8, 4) is 0 Å². The molecule has 2 N–H and O–H groups in total. The average Bonchev–Trinajstić information content (AvgIpc) is 2.28. The predicted molar refractivity (Wildman–Crippen MR) is 68.8 cm³/mol. The SMILES string of the molecule is CN(C)CCCN(C)C(=O)c1cccnc1N. The molecule has 0 saturated heterocycles. The zero-order valence-electron chi connectivity index (χ0n) is 10.7. The van der Waals surface area contributed by atoms with E-state index in [1.54, 1.807) is 30.3 Å². The molecule has 1 aromatic heterocycles. The molecule has 5 heteroatoms. The number of anilines is 1. The van der Waals surface area contributed by atoms with Gasteiger partial charge in [-0.05, 0) is 39.2 Å². The van der Waals surface area contributed by atoms with Gasteiger partial charge in [-0.25, -0.2) is 4.98 Å². The molecule has 0 atom stereocenters.